The Balaban J connectivity index is 1.74. The van der Waals surface area contributed by atoms with E-state index in [0.717, 1.165) is 11.1 Å². The van der Waals surface area contributed by atoms with Gasteiger partial charge in [-0.15, -0.1) is 6.58 Å². The molecule has 0 aliphatic rings. The van der Waals surface area contributed by atoms with E-state index in [1.807, 2.05) is 58.0 Å². The fraction of sp³-hybridized carbons (Fsp3) is 0.281. The number of hydrogen-bond acceptors (Lipinski definition) is 5. The molecule has 0 radical (unpaired) electrons. The summed E-state index contributed by atoms with van der Waals surface area (Å²) in [5.74, 6) is -0.419. The first-order valence-electron chi connectivity index (χ1n) is 13.2. The third-order valence-electron chi connectivity index (χ3n) is 6.05. The molecule has 2 amide bonds. The summed E-state index contributed by atoms with van der Waals surface area (Å²) in [6, 6.07) is 16.1. The Labute approximate surface area is 235 Å². The van der Waals surface area contributed by atoms with Crippen LogP contribution >= 0.6 is 0 Å². The number of rotatable bonds is 13. The molecule has 0 aliphatic carbocycles. The number of nitrogens with one attached hydrogen (secondary N) is 2. The summed E-state index contributed by atoms with van der Waals surface area (Å²) >= 11 is 0. The second kappa shape index (κ2) is 14.6. The number of ether oxygens (including phenoxy) is 2. The summed E-state index contributed by atoms with van der Waals surface area (Å²) in [5.41, 5.74) is 6.55. The van der Waals surface area contributed by atoms with E-state index >= 15 is 0 Å². The van der Waals surface area contributed by atoms with Crippen molar-refractivity contribution in [2.75, 3.05) is 6.61 Å². The standard InChI is InChI=1S/C32H36FN3O4/c1-6-8-26-17-24(18-28(39-7-2)30(26)40-20-23-11-9-22(5)10-12-23)19-34-36-32(38)29(21(3)4)35-31(37)25-13-15-27(33)16-14-25/h6,9-19,21,29H,1,7-8,20H2,2-5H3,(H,35,37)(H,36,38)/b34-19+. The minimum atomic E-state index is -0.845. The Kier molecular flexibility index (Phi) is 11.0. The van der Waals surface area contributed by atoms with E-state index in [1.54, 1.807) is 12.1 Å². The van der Waals surface area contributed by atoms with Crippen molar-refractivity contribution < 1.29 is 23.5 Å². The minimum absolute atomic E-state index is 0.215. The summed E-state index contributed by atoms with van der Waals surface area (Å²) in [5, 5.41) is 6.82. The van der Waals surface area contributed by atoms with Gasteiger partial charge in [-0.1, -0.05) is 49.8 Å². The number of hydrogen-bond donors (Lipinski definition) is 2. The Morgan fingerprint density at radius 2 is 1.75 bits per heavy atom. The molecule has 0 saturated carbocycles. The second-order valence-electron chi connectivity index (χ2n) is 9.64. The van der Waals surface area contributed by atoms with Crippen LogP contribution in [0.2, 0.25) is 0 Å². The molecule has 0 saturated heterocycles. The summed E-state index contributed by atoms with van der Waals surface area (Å²) in [6.45, 7) is 12.2. The minimum Gasteiger partial charge on any atom is -0.490 e. The van der Waals surface area contributed by atoms with Gasteiger partial charge in [-0.2, -0.15) is 5.10 Å². The molecular formula is C32H36FN3O4. The van der Waals surface area contributed by atoms with E-state index in [1.165, 1.54) is 36.0 Å². The maximum atomic E-state index is 13.2. The Bertz CT molecular complexity index is 1340. The van der Waals surface area contributed by atoms with Crippen molar-refractivity contribution in [3.8, 4) is 11.5 Å². The topological polar surface area (TPSA) is 89.0 Å². The van der Waals surface area contributed by atoms with Crippen molar-refractivity contribution in [2.45, 2.75) is 46.8 Å². The molecule has 0 fully saturated rings. The SMILES string of the molecule is C=CCc1cc(/C=N/NC(=O)C(NC(=O)c2ccc(F)cc2)C(C)C)cc(OCC)c1OCc1ccc(C)cc1. The molecule has 0 aromatic heterocycles. The smallest absolute Gasteiger partial charge is 0.262 e. The number of nitrogens with zero attached hydrogens (tertiary/aromatic N) is 1. The van der Waals surface area contributed by atoms with E-state index in [0.29, 0.717) is 36.7 Å². The van der Waals surface area contributed by atoms with Crippen molar-refractivity contribution >= 4 is 18.0 Å². The van der Waals surface area contributed by atoms with Gasteiger partial charge in [-0.3, -0.25) is 9.59 Å². The van der Waals surface area contributed by atoms with Gasteiger partial charge in [-0.25, -0.2) is 9.82 Å². The number of aryl methyl sites for hydroxylation is 1. The molecule has 1 atom stereocenters. The first-order chi connectivity index (χ1) is 19.2. The van der Waals surface area contributed by atoms with Crippen molar-refractivity contribution in [1.82, 2.24) is 10.7 Å². The predicted molar refractivity (Wildman–Crippen MR) is 155 cm³/mol. The Hall–Kier alpha value is -4.46. The van der Waals surface area contributed by atoms with Crippen molar-refractivity contribution in [3.63, 3.8) is 0 Å². The van der Waals surface area contributed by atoms with Crippen LogP contribution in [0.3, 0.4) is 0 Å². The van der Waals surface area contributed by atoms with Gasteiger partial charge in [0.15, 0.2) is 11.5 Å². The van der Waals surface area contributed by atoms with Crippen LogP contribution in [-0.2, 0) is 17.8 Å². The average molecular weight is 546 g/mol. The highest BCUT2D eigenvalue weighted by Gasteiger charge is 2.24. The van der Waals surface area contributed by atoms with Gasteiger partial charge in [-0.05, 0) is 73.7 Å². The zero-order chi connectivity index (χ0) is 29.1. The third-order valence-corrected chi connectivity index (χ3v) is 6.05. The maximum absolute atomic E-state index is 13.2. The predicted octanol–water partition coefficient (Wildman–Crippen LogP) is 5.75. The van der Waals surface area contributed by atoms with Gasteiger partial charge in [0.25, 0.3) is 11.8 Å². The van der Waals surface area contributed by atoms with Crippen molar-refractivity contribution in [3.05, 3.63) is 107 Å². The fourth-order valence-electron chi connectivity index (χ4n) is 3.93. The number of allylic oxidation sites excluding steroid dienone is 1. The number of halogens is 1. The van der Waals surface area contributed by atoms with E-state index in [9.17, 15) is 14.0 Å². The van der Waals surface area contributed by atoms with E-state index in [4.69, 9.17) is 9.47 Å². The quantitative estimate of drug-likeness (QED) is 0.163. The van der Waals surface area contributed by atoms with Gasteiger partial charge in [0.2, 0.25) is 0 Å². The molecule has 40 heavy (non-hydrogen) atoms. The molecule has 210 valence electrons. The molecule has 0 spiro atoms. The number of benzene rings is 3. The molecular weight excluding hydrogens is 509 g/mol. The highest BCUT2D eigenvalue weighted by atomic mass is 19.1. The zero-order valence-corrected chi connectivity index (χ0v) is 23.4. The summed E-state index contributed by atoms with van der Waals surface area (Å²) in [7, 11) is 0. The molecule has 7 nitrogen and oxygen atoms in total. The van der Waals surface area contributed by atoms with Gasteiger partial charge >= 0.3 is 0 Å². The molecule has 0 bridgehead atoms. The van der Waals surface area contributed by atoms with Gasteiger partial charge in [0.05, 0.1) is 12.8 Å². The van der Waals surface area contributed by atoms with Crippen LogP contribution in [0, 0.1) is 18.7 Å². The number of amides is 2. The molecule has 2 N–H and O–H groups in total. The largest absolute Gasteiger partial charge is 0.490 e. The lowest BCUT2D eigenvalue weighted by Crippen LogP contribution is -2.48. The van der Waals surface area contributed by atoms with Gasteiger partial charge < -0.3 is 14.8 Å². The normalized spacial score (nSPS) is 11.8. The first kappa shape index (κ1) is 30.1. The summed E-state index contributed by atoms with van der Waals surface area (Å²) < 4.78 is 25.3. The summed E-state index contributed by atoms with van der Waals surface area (Å²) in [4.78, 5) is 25.4. The zero-order valence-electron chi connectivity index (χ0n) is 23.4. The average Bonchev–Trinajstić information content (AvgIpc) is 2.92. The van der Waals surface area contributed by atoms with Crippen LogP contribution in [0.1, 0.15) is 53.4 Å². The Morgan fingerprint density at radius 3 is 2.38 bits per heavy atom. The fourth-order valence-corrected chi connectivity index (χ4v) is 3.93. The van der Waals surface area contributed by atoms with Crippen LogP contribution in [0.4, 0.5) is 4.39 Å². The Morgan fingerprint density at radius 1 is 1.05 bits per heavy atom. The van der Waals surface area contributed by atoms with E-state index in [-0.39, 0.29) is 11.5 Å². The maximum Gasteiger partial charge on any atom is 0.262 e. The first-order valence-corrected chi connectivity index (χ1v) is 13.2. The second-order valence-corrected chi connectivity index (χ2v) is 9.64. The van der Waals surface area contributed by atoms with E-state index in [2.05, 4.69) is 22.4 Å². The lowest BCUT2D eigenvalue weighted by molar-refractivity contribution is -0.123. The number of carbonyl (C=O) groups excluding carboxylic acids is 2. The van der Waals surface area contributed by atoms with Crippen molar-refractivity contribution in [2.24, 2.45) is 11.0 Å². The van der Waals surface area contributed by atoms with Gasteiger partial charge in [0.1, 0.15) is 18.5 Å². The summed E-state index contributed by atoms with van der Waals surface area (Å²) in [6.07, 6.45) is 3.83. The molecule has 3 rings (SSSR count). The van der Waals surface area contributed by atoms with Crippen LogP contribution < -0.4 is 20.2 Å². The molecule has 1 unspecified atom stereocenters. The molecule has 0 heterocycles. The monoisotopic (exact) mass is 545 g/mol. The van der Waals surface area contributed by atoms with Crippen LogP contribution in [-0.4, -0.2) is 30.7 Å². The van der Waals surface area contributed by atoms with Crippen LogP contribution in [0.5, 0.6) is 11.5 Å². The molecule has 8 heteroatoms. The van der Waals surface area contributed by atoms with Crippen LogP contribution in [0.25, 0.3) is 0 Å². The lowest BCUT2D eigenvalue weighted by atomic mass is 10.0. The molecule has 3 aromatic carbocycles. The lowest BCUT2D eigenvalue weighted by Gasteiger charge is -2.20. The van der Waals surface area contributed by atoms with Crippen molar-refractivity contribution in [1.29, 1.82) is 0 Å². The van der Waals surface area contributed by atoms with E-state index < -0.39 is 23.7 Å². The number of hydrazone groups is 1. The third kappa shape index (κ3) is 8.53. The molecule has 0 aliphatic heterocycles. The molecule has 3 aromatic rings. The highest BCUT2D eigenvalue weighted by molar-refractivity contribution is 5.97. The number of carbonyl (C=O) groups is 2. The van der Waals surface area contributed by atoms with Gasteiger partial charge in [0, 0.05) is 11.1 Å². The van der Waals surface area contributed by atoms with Crippen LogP contribution in [0.15, 0.2) is 78.4 Å². The highest BCUT2D eigenvalue weighted by Crippen LogP contribution is 2.34.